The van der Waals surface area contributed by atoms with Crippen molar-refractivity contribution in [3.05, 3.63) is 48.7 Å². The van der Waals surface area contributed by atoms with E-state index in [1.807, 2.05) is 46.9 Å². The second-order valence-electron chi connectivity index (χ2n) is 10.8. The number of hydrogen-bond donors (Lipinski definition) is 0. The molecule has 1 aliphatic heterocycles. The molecule has 6 heterocycles. The molecule has 5 aromatic heterocycles. The van der Waals surface area contributed by atoms with Crippen molar-refractivity contribution in [3.63, 3.8) is 0 Å². The maximum atomic E-state index is 12.0. The molecule has 208 valence electrons. The van der Waals surface area contributed by atoms with Gasteiger partial charge in [-0.05, 0) is 39.8 Å². The summed E-state index contributed by atoms with van der Waals surface area (Å²) in [6.45, 7) is 8.82. The highest BCUT2D eigenvalue weighted by Gasteiger charge is 2.39. The van der Waals surface area contributed by atoms with Gasteiger partial charge in [-0.2, -0.15) is 10.2 Å². The molecular formula is C28H32N8O3S. The Morgan fingerprint density at radius 3 is 2.58 bits per heavy atom. The van der Waals surface area contributed by atoms with Gasteiger partial charge in [0.1, 0.15) is 15.6 Å². The van der Waals surface area contributed by atoms with Gasteiger partial charge < -0.3 is 9.64 Å². The Morgan fingerprint density at radius 2 is 1.88 bits per heavy atom. The Bertz CT molecular complexity index is 1860. The monoisotopic (exact) mass is 560 g/mol. The van der Waals surface area contributed by atoms with Gasteiger partial charge in [0.25, 0.3) is 0 Å². The van der Waals surface area contributed by atoms with Gasteiger partial charge in [0.05, 0.1) is 53.1 Å². The van der Waals surface area contributed by atoms with Crippen LogP contribution in [0, 0.1) is 12.8 Å². The Kier molecular flexibility index (Phi) is 6.25. The molecule has 5 aromatic rings. The van der Waals surface area contributed by atoms with E-state index in [1.165, 1.54) is 6.26 Å². The SMILES string of the molecule is COc1ccncc1-c1cc2c(cnn2-c2cc(N3C[C@H](CS(C)(=O)=O)[C@H]3C)c3cnn(C(C)C)c3n2)c(C)n1. The van der Waals surface area contributed by atoms with Crippen LogP contribution in [0.15, 0.2) is 43.0 Å². The lowest BCUT2D eigenvalue weighted by Gasteiger charge is -2.48. The molecule has 0 saturated carbocycles. The fourth-order valence-corrected chi connectivity index (χ4v) is 6.71. The van der Waals surface area contributed by atoms with E-state index >= 15 is 0 Å². The molecule has 0 radical (unpaired) electrons. The summed E-state index contributed by atoms with van der Waals surface area (Å²) in [5, 5.41) is 11.2. The molecule has 11 nitrogen and oxygen atoms in total. The van der Waals surface area contributed by atoms with Crippen LogP contribution in [0.1, 0.15) is 32.5 Å². The van der Waals surface area contributed by atoms with Crippen LogP contribution in [0.2, 0.25) is 0 Å². The van der Waals surface area contributed by atoms with Crippen molar-refractivity contribution in [1.29, 1.82) is 0 Å². The van der Waals surface area contributed by atoms with Gasteiger partial charge >= 0.3 is 0 Å². The fourth-order valence-electron chi connectivity index (χ4n) is 5.55. The largest absolute Gasteiger partial charge is 0.496 e. The number of pyridine rings is 3. The number of hydrogen-bond acceptors (Lipinski definition) is 9. The van der Waals surface area contributed by atoms with E-state index in [2.05, 4.69) is 35.8 Å². The summed E-state index contributed by atoms with van der Waals surface area (Å²) in [5.74, 6) is 1.57. The maximum Gasteiger partial charge on any atom is 0.162 e. The number of nitrogens with zero attached hydrogens (tertiary/aromatic N) is 8. The topological polar surface area (TPSA) is 121 Å². The van der Waals surface area contributed by atoms with E-state index in [0.29, 0.717) is 18.1 Å². The summed E-state index contributed by atoms with van der Waals surface area (Å²) >= 11 is 0. The van der Waals surface area contributed by atoms with Crippen LogP contribution in [0.3, 0.4) is 0 Å². The van der Waals surface area contributed by atoms with Gasteiger partial charge in [0.2, 0.25) is 0 Å². The van der Waals surface area contributed by atoms with Crippen LogP contribution in [0.5, 0.6) is 5.75 Å². The van der Waals surface area contributed by atoms with Crippen LogP contribution < -0.4 is 9.64 Å². The minimum atomic E-state index is -3.07. The van der Waals surface area contributed by atoms with Crippen LogP contribution >= 0.6 is 0 Å². The predicted octanol–water partition coefficient (Wildman–Crippen LogP) is 3.99. The average Bonchev–Trinajstić information content (AvgIpc) is 3.54. The van der Waals surface area contributed by atoms with Crippen molar-refractivity contribution in [2.24, 2.45) is 5.92 Å². The van der Waals surface area contributed by atoms with E-state index in [1.54, 1.807) is 19.5 Å². The number of rotatable bonds is 7. The van der Waals surface area contributed by atoms with Gasteiger partial charge in [0.15, 0.2) is 11.5 Å². The molecule has 0 aromatic carbocycles. The average molecular weight is 561 g/mol. The molecule has 0 amide bonds. The first kappa shape index (κ1) is 26.2. The van der Waals surface area contributed by atoms with Gasteiger partial charge in [-0.1, -0.05) is 0 Å². The first-order chi connectivity index (χ1) is 19.1. The molecule has 0 spiro atoms. The first-order valence-corrected chi connectivity index (χ1v) is 15.3. The number of sulfone groups is 1. The summed E-state index contributed by atoms with van der Waals surface area (Å²) < 4.78 is 33.3. The molecule has 0 aliphatic carbocycles. The summed E-state index contributed by atoms with van der Waals surface area (Å²) in [4.78, 5) is 16.4. The lowest BCUT2D eigenvalue weighted by Crippen LogP contribution is -2.57. The molecular weight excluding hydrogens is 528 g/mol. The lowest BCUT2D eigenvalue weighted by atomic mass is 9.90. The van der Waals surface area contributed by atoms with E-state index in [0.717, 1.165) is 44.6 Å². The normalized spacial score (nSPS) is 17.6. The summed E-state index contributed by atoms with van der Waals surface area (Å²) in [5.41, 5.74) is 4.92. The summed E-state index contributed by atoms with van der Waals surface area (Å²) in [7, 11) is -1.44. The molecule has 0 N–H and O–H groups in total. The second-order valence-corrected chi connectivity index (χ2v) is 13.0. The van der Waals surface area contributed by atoms with Crippen LogP contribution in [0.4, 0.5) is 5.69 Å². The number of ether oxygens (including phenoxy) is 1. The van der Waals surface area contributed by atoms with Crippen molar-refractivity contribution in [2.45, 2.75) is 39.8 Å². The quantitative estimate of drug-likeness (QED) is 0.291. The Hall–Kier alpha value is -4.06. The lowest BCUT2D eigenvalue weighted by molar-refractivity contribution is 0.342. The third-order valence-corrected chi connectivity index (χ3v) is 8.74. The van der Waals surface area contributed by atoms with Gasteiger partial charge in [-0.25, -0.2) is 22.8 Å². The molecule has 12 heteroatoms. The van der Waals surface area contributed by atoms with Gasteiger partial charge in [-0.3, -0.25) is 9.97 Å². The van der Waals surface area contributed by atoms with Crippen molar-refractivity contribution in [1.82, 2.24) is 34.5 Å². The zero-order valence-electron chi connectivity index (χ0n) is 23.4. The molecule has 1 fully saturated rings. The molecule has 40 heavy (non-hydrogen) atoms. The molecule has 0 unspecified atom stereocenters. The Balaban J connectivity index is 1.52. The Morgan fingerprint density at radius 1 is 1.10 bits per heavy atom. The smallest absolute Gasteiger partial charge is 0.162 e. The number of fused-ring (bicyclic) bond motifs is 2. The van der Waals surface area contributed by atoms with E-state index in [4.69, 9.17) is 19.8 Å². The third-order valence-electron chi connectivity index (χ3n) is 7.70. The highest BCUT2D eigenvalue weighted by molar-refractivity contribution is 7.90. The number of methoxy groups -OCH3 is 1. The number of anilines is 1. The highest BCUT2D eigenvalue weighted by atomic mass is 32.2. The summed E-state index contributed by atoms with van der Waals surface area (Å²) in [6.07, 6.45) is 8.39. The number of aryl methyl sites for hydroxylation is 1. The minimum Gasteiger partial charge on any atom is -0.496 e. The van der Waals surface area contributed by atoms with E-state index in [9.17, 15) is 8.42 Å². The molecule has 0 bridgehead atoms. The summed E-state index contributed by atoms with van der Waals surface area (Å²) in [6, 6.07) is 5.98. The predicted molar refractivity (Wildman–Crippen MR) is 155 cm³/mol. The maximum absolute atomic E-state index is 12.0. The van der Waals surface area contributed by atoms with Crippen LogP contribution in [-0.4, -0.2) is 74.6 Å². The van der Waals surface area contributed by atoms with Crippen molar-refractivity contribution >= 4 is 37.5 Å². The zero-order chi connectivity index (χ0) is 28.3. The third kappa shape index (κ3) is 4.36. The van der Waals surface area contributed by atoms with Gasteiger partial charge in [-0.15, -0.1) is 0 Å². The molecule has 2 atom stereocenters. The van der Waals surface area contributed by atoms with Crippen molar-refractivity contribution in [3.8, 4) is 22.8 Å². The van der Waals surface area contributed by atoms with Crippen molar-refractivity contribution in [2.75, 3.05) is 30.6 Å². The Labute approximate surface area is 232 Å². The first-order valence-electron chi connectivity index (χ1n) is 13.2. The van der Waals surface area contributed by atoms with Gasteiger partial charge in [0, 0.05) is 60.3 Å². The standard InChI is InChI=1S/C28H32N8O3S/c1-16(2)35-28-22(13-30-35)24(34-14-19(18(34)4)15-40(6,37)38)10-27(33-28)36-25-9-23(32-17(3)20(25)12-31-36)21-11-29-8-7-26(21)39-5/h7-13,16,18-19H,14-15H2,1-6H3/t18-,19-/m1/s1. The fraction of sp³-hybridized carbons (Fsp3) is 0.393. The zero-order valence-corrected chi connectivity index (χ0v) is 24.2. The van der Waals surface area contributed by atoms with Crippen molar-refractivity contribution < 1.29 is 13.2 Å². The number of aromatic nitrogens is 7. The molecule has 1 aliphatic rings. The minimum absolute atomic E-state index is 0.0565. The van der Waals surface area contributed by atoms with E-state index in [-0.39, 0.29) is 23.8 Å². The van der Waals surface area contributed by atoms with E-state index < -0.39 is 9.84 Å². The van der Waals surface area contributed by atoms with Crippen LogP contribution in [0.25, 0.3) is 39.0 Å². The highest BCUT2D eigenvalue weighted by Crippen LogP contribution is 2.38. The van der Waals surface area contributed by atoms with Crippen LogP contribution in [-0.2, 0) is 9.84 Å². The molecule has 1 saturated heterocycles. The molecule has 6 rings (SSSR count). The second kappa shape index (κ2) is 9.54.